The molecule has 1 aromatic heterocycles. The minimum Gasteiger partial charge on any atom is -0.309 e. The Kier molecular flexibility index (Phi) is 4.77. The molecule has 0 spiro atoms. The molecule has 2 aliphatic rings. The smallest absolute Gasteiger partial charge is 0.0544 e. The molecule has 7 aromatic rings. The molecule has 0 radical (unpaired) electrons. The van der Waals surface area contributed by atoms with Crippen LogP contribution in [-0.2, 0) is 5.41 Å². The van der Waals surface area contributed by atoms with Crippen molar-refractivity contribution in [2.24, 2.45) is 0 Å². The van der Waals surface area contributed by atoms with Gasteiger partial charge in [0.2, 0.25) is 0 Å². The van der Waals surface area contributed by atoms with Crippen LogP contribution in [0, 0.1) is 0 Å². The average Bonchev–Trinajstić information content (AvgIpc) is 3.59. The van der Waals surface area contributed by atoms with E-state index in [0.717, 1.165) is 0 Å². The number of para-hydroxylation sites is 1. The molecule has 0 amide bonds. The molecule has 0 N–H and O–H groups in total. The van der Waals surface area contributed by atoms with Crippen LogP contribution in [0.2, 0.25) is 0 Å². The van der Waals surface area contributed by atoms with E-state index in [0.29, 0.717) is 0 Å². The summed E-state index contributed by atoms with van der Waals surface area (Å²) in [4.78, 5) is 0. The number of hydrogen-bond donors (Lipinski definition) is 0. The summed E-state index contributed by atoms with van der Waals surface area (Å²) in [6.07, 6.45) is 0. The van der Waals surface area contributed by atoms with E-state index in [9.17, 15) is 0 Å². The Hall–Kier alpha value is -4.62. The van der Waals surface area contributed by atoms with Gasteiger partial charge < -0.3 is 4.57 Å². The third kappa shape index (κ3) is 2.82. The Morgan fingerprint density at radius 1 is 0.500 bits per heavy atom. The summed E-state index contributed by atoms with van der Waals surface area (Å²) >= 11 is 0. The van der Waals surface area contributed by atoms with Crippen LogP contribution in [0.25, 0.3) is 71.6 Å². The summed E-state index contributed by atoms with van der Waals surface area (Å²) in [7, 11) is 0. The monoisotopic (exact) mass is 513 g/mol. The zero-order valence-electron chi connectivity index (χ0n) is 23.4. The molecule has 1 heterocycles. The van der Waals surface area contributed by atoms with Gasteiger partial charge in [-0.05, 0) is 79.5 Å². The number of hydrogen-bond acceptors (Lipinski definition) is 0. The number of nitrogens with zero attached hydrogens (tertiary/aromatic N) is 1. The quantitative estimate of drug-likeness (QED) is 0.206. The van der Waals surface area contributed by atoms with E-state index in [4.69, 9.17) is 0 Å². The van der Waals surface area contributed by atoms with E-state index in [2.05, 4.69) is 134 Å². The van der Waals surface area contributed by atoms with E-state index in [1.54, 1.807) is 0 Å². The largest absolute Gasteiger partial charge is 0.309 e. The lowest BCUT2D eigenvalue weighted by atomic mass is 9.80. The zero-order chi connectivity index (χ0) is 27.2. The van der Waals surface area contributed by atoms with Crippen molar-refractivity contribution < 1.29 is 0 Å². The van der Waals surface area contributed by atoms with Crippen LogP contribution in [0.15, 0.2) is 115 Å². The summed E-state index contributed by atoms with van der Waals surface area (Å²) in [5.41, 5.74) is 14.7. The van der Waals surface area contributed by atoms with Gasteiger partial charge in [-0.1, -0.05) is 119 Å². The molecule has 2 aliphatic carbocycles. The van der Waals surface area contributed by atoms with Crippen molar-refractivity contribution in [1.29, 1.82) is 0 Å². The topological polar surface area (TPSA) is 4.93 Å². The molecule has 0 saturated heterocycles. The maximum atomic E-state index is 2.48. The summed E-state index contributed by atoms with van der Waals surface area (Å²) in [6, 6.07) is 43.0. The Labute approximate surface area is 235 Å². The Bertz CT molecular complexity index is 2150. The molecule has 192 valence electrons. The second-order valence-electron chi connectivity index (χ2n) is 11.3. The molecule has 0 unspecified atom stereocenters. The molecule has 0 aliphatic heterocycles. The molecule has 0 atom stereocenters. The predicted octanol–water partition coefficient (Wildman–Crippen LogP) is 10.9. The molecule has 0 saturated carbocycles. The minimum atomic E-state index is -0.0599. The highest BCUT2D eigenvalue weighted by atomic mass is 15.0. The van der Waals surface area contributed by atoms with E-state index >= 15 is 0 Å². The second-order valence-corrected chi connectivity index (χ2v) is 11.3. The van der Waals surface area contributed by atoms with Gasteiger partial charge in [0, 0.05) is 21.9 Å². The summed E-state index contributed by atoms with van der Waals surface area (Å²) < 4.78 is 2.48. The van der Waals surface area contributed by atoms with E-state index in [1.165, 1.54) is 82.8 Å². The number of rotatable bonds is 1. The van der Waals surface area contributed by atoms with Crippen molar-refractivity contribution in [3.05, 3.63) is 126 Å². The second kappa shape index (κ2) is 8.19. The van der Waals surface area contributed by atoms with Crippen LogP contribution in [0.1, 0.15) is 38.8 Å². The highest BCUT2D eigenvalue weighted by molar-refractivity contribution is 6.17. The molecular formula is C39H31N. The van der Waals surface area contributed by atoms with Crippen LogP contribution in [0.4, 0.5) is 0 Å². The predicted molar refractivity (Wildman–Crippen MR) is 172 cm³/mol. The van der Waals surface area contributed by atoms with Crippen LogP contribution >= 0.6 is 0 Å². The molecule has 0 fully saturated rings. The van der Waals surface area contributed by atoms with Crippen molar-refractivity contribution in [3.63, 3.8) is 0 Å². The fourth-order valence-corrected chi connectivity index (χ4v) is 7.53. The van der Waals surface area contributed by atoms with E-state index < -0.39 is 0 Å². The average molecular weight is 514 g/mol. The van der Waals surface area contributed by atoms with Crippen molar-refractivity contribution in [2.75, 3.05) is 0 Å². The summed E-state index contributed by atoms with van der Waals surface area (Å²) in [5.74, 6) is 0. The lowest BCUT2D eigenvalue weighted by Crippen LogP contribution is -2.15. The summed E-state index contributed by atoms with van der Waals surface area (Å²) in [5, 5.41) is 5.39. The van der Waals surface area contributed by atoms with E-state index in [-0.39, 0.29) is 5.41 Å². The number of aromatic nitrogens is 1. The van der Waals surface area contributed by atoms with Gasteiger partial charge in [-0.25, -0.2) is 0 Å². The minimum absolute atomic E-state index is 0.0599. The van der Waals surface area contributed by atoms with Gasteiger partial charge >= 0.3 is 0 Å². The third-order valence-corrected chi connectivity index (χ3v) is 9.10. The molecule has 40 heavy (non-hydrogen) atoms. The lowest BCUT2D eigenvalue weighted by Gasteiger charge is -2.22. The number of fused-ring (bicyclic) bond motifs is 10. The SMILES string of the molecule is CC.CC1(C)c2ccccc2-c2ccc3c(c21)c1ccccc1n3-c1ccc2c(c1)-c1cccc3cccc-2c13. The molecular weight excluding hydrogens is 482 g/mol. The molecule has 6 aromatic carbocycles. The van der Waals surface area contributed by atoms with Crippen molar-refractivity contribution in [2.45, 2.75) is 33.1 Å². The molecule has 9 rings (SSSR count). The van der Waals surface area contributed by atoms with Gasteiger partial charge in [-0.15, -0.1) is 0 Å². The Morgan fingerprint density at radius 2 is 1.18 bits per heavy atom. The van der Waals surface area contributed by atoms with Crippen molar-refractivity contribution >= 4 is 32.6 Å². The first-order chi connectivity index (χ1) is 19.6. The number of benzene rings is 6. The van der Waals surface area contributed by atoms with Crippen LogP contribution in [0.3, 0.4) is 0 Å². The Balaban J connectivity index is 0.00000120. The third-order valence-electron chi connectivity index (χ3n) is 9.10. The first-order valence-electron chi connectivity index (χ1n) is 14.5. The standard InChI is InChI=1S/C37H25N.C2H6/c1-37(2)31-15-5-3-11-25(31)28-19-20-33-35(36(28)37)29-12-4-6-16-32(29)38(33)23-17-18-24-26-13-7-9-22-10-8-14-27(34(22)26)30(24)21-23;1-2/h3-21H,1-2H3;1-2H3. The van der Waals surface area contributed by atoms with Gasteiger partial charge in [-0.3, -0.25) is 0 Å². The molecule has 1 nitrogen and oxygen atoms in total. The van der Waals surface area contributed by atoms with Gasteiger partial charge in [-0.2, -0.15) is 0 Å². The van der Waals surface area contributed by atoms with Crippen LogP contribution in [0.5, 0.6) is 0 Å². The maximum Gasteiger partial charge on any atom is 0.0544 e. The van der Waals surface area contributed by atoms with Gasteiger partial charge in [0.25, 0.3) is 0 Å². The highest BCUT2D eigenvalue weighted by Gasteiger charge is 2.38. The van der Waals surface area contributed by atoms with Crippen LogP contribution < -0.4 is 0 Å². The van der Waals surface area contributed by atoms with Crippen LogP contribution in [-0.4, -0.2) is 4.57 Å². The first kappa shape index (κ1) is 23.3. The Morgan fingerprint density at radius 3 is 2.00 bits per heavy atom. The lowest BCUT2D eigenvalue weighted by molar-refractivity contribution is 0.666. The van der Waals surface area contributed by atoms with Gasteiger partial charge in [0.15, 0.2) is 0 Å². The molecule has 0 bridgehead atoms. The van der Waals surface area contributed by atoms with Gasteiger partial charge in [0.1, 0.15) is 0 Å². The fourth-order valence-electron chi connectivity index (χ4n) is 7.53. The normalized spacial score (nSPS) is 13.7. The van der Waals surface area contributed by atoms with Crippen molar-refractivity contribution in [3.8, 4) is 39.1 Å². The first-order valence-corrected chi connectivity index (χ1v) is 14.5. The fraction of sp³-hybridized carbons (Fsp3) is 0.128. The zero-order valence-corrected chi connectivity index (χ0v) is 23.4. The molecule has 1 heteroatoms. The van der Waals surface area contributed by atoms with Crippen molar-refractivity contribution in [1.82, 2.24) is 4.57 Å². The maximum absolute atomic E-state index is 2.48. The summed E-state index contributed by atoms with van der Waals surface area (Å²) in [6.45, 7) is 8.77. The highest BCUT2D eigenvalue weighted by Crippen LogP contribution is 2.53. The van der Waals surface area contributed by atoms with E-state index in [1.807, 2.05) is 13.8 Å². The van der Waals surface area contributed by atoms with Gasteiger partial charge in [0.05, 0.1) is 11.0 Å².